The molecule has 1 aromatic carbocycles. The highest BCUT2D eigenvalue weighted by atomic mass is 31.2. The highest BCUT2D eigenvalue weighted by molar-refractivity contribution is 7.78. The van der Waals surface area contributed by atoms with Crippen molar-refractivity contribution in [1.29, 1.82) is 0 Å². The molecule has 1 rings (SSSR count). The van der Waals surface area contributed by atoms with Gasteiger partial charge < -0.3 is 13.6 Å². The molecule has 0 unspecified atom stereocenters. The summed E-state index contributed by atoms with van der Waals surface area (Å²) in [5, 5.41) is 0.529. The zero-order valence-corrected chi connectivity index (χ0v) is 13.9. The minimum atomic E-state index is -3.42. The van der Waals surface area contributed by atoms with Crippen LogP contribution in [0.15, 0.2) is 30.3 Å². The van der Waals surface area contributed by atoms with Crippen LogP contribution in [0.2, 0.25) is 0 Å². The summed E-state index contributed by atoms with van der Waals surface area (Å²) >= 11 is 0. The van der Waals surface area contributed by atoms with Crippen LogP contribution in [0.25, 0.3) is 0 Å². The molecule has 5 nitrogen and oxygen atoms in total. The Hall–Kier alpha value is -0.440. The summed E-state index contributed by atoms with van der Waals surface area (Å²) in [7, 11) is -6.69. The predicted octanol–water partition coefficient (Wildman–Crippen LogP) is 3.85. The van der Waals surface area contributed by atoms with Gasteiger partial charge in [0.15, 0.2) is 0 Å². The molecule has 0 bridgehead atoms. The fourth-order valence-corrected chi connectivity index (χ4v) is 7.31. The molecule has 7 heteroatoms. The van der Waals surface area contributed by atoms with Gasteiger partial charge in [0.1, 0.15) is 5.90 Å². The fraction of sp³-hybridized carbons (Fsp3) is 0.538. The molecule has 0 spiro atoms. The van der Waals surface area contributed by atoms with Crippen molar-refractivity contribution in [3.8, 4) is 0 Å². The van der Waals surface area contributed by atoms with Gasteiger partial charge in [0.05, 0.1) is 19.8 Å². The summed E-state index contributed by atoms with van der Waals surface area (Å²) in [6, 6.07) is 8.78. The van der Waals surface area contributed by atoms with Crippen LogP contribution in [-0.2, 0) is 22.7 Å². The molecular formula is C13H22O5P2. The van der Waals surface area contributed by atoms with Gasteiger partial charge in [-0.2, -0.15) is 0 Å². The first-order valence-corrected chi connectivity index (χ1v) is 10.2. The third-order valence-corrected chi connectivity index (χ3v) is 8.44. The third kappa shape index (κ3) is 4.83. The molecule has 0 saturated heterocycles. The molecule has 0 saturated carbocycles. The Morgan fingerprint density at radius 3 is 1.80 bits per heavy atom. The van der Waals surface area contributed by atoms with Gasteiger partial charge in [-0.15, -0.1) is 0 Å². The Morgan fingerprint density at radius 1 is 0.850 bits per heavy atom. The van der Waals surface area contributed by atoms with Crippen molar-refractivity contribution in [1.82, 2.24) is 0 Å². The molecule has 0 aliphatic carbocycles. The van der Waals surface area contributed by atoms with Gasteiger partial charge in [-0.25, -0.2) is 0 Å². The monoisotopic (exact) mass is 320 g/mol. The SMILES string of the molecule is CCOP(=O)(C[P@@](=O)(OCC)c1ccccc1)OCC. The Balaban J connectivity index is 3.08. The third-order valence-electron chi connectivity index (χ3n) is 2.50. The summed E-state index contributed by atoms with van der Waals surface area (Å²) in [4.78, 5) is 0. The summed E-state index contributed by atoms with van der Waals surface area (Å²) in [6.45, 7) is 5.93. The number of hydrogen-bond donors (Lipinski definition) is 0. The van der Waals surface area contributed by atoms with Gasteiger partial charge >= 0.3 is 7.60 Å². The van der Waals surface area contributed by atoms with E-state index in [1.165, 1.54) is 0 Å². The highest BCUT2D eigenvalue weighted by Gasteiger charge is 2.38. The first kappa shape index (κ1) is 17.6. The molecule has 0 aliphatic rings. The molecule has 0 N–H and O–H groups in total. The topological polar surface area (TPSA) is 61.8 Å². The summed E-state index contributed by atoms with van der Waals surface area (Å²) < 4.78 is 41.5. The zero-order chi connectivity index (χ0) is 15.1. The zero-order valence-electron chi connectivity index (χ0n) is 12.2. The molecule has 0 amide bonds. The van der Waals surface area contributed by atoms with E-state index in [0.29, 0.717) is 5.30 Å². The number of benzene rings is 1. The molecule has 0 heterocycles. The van der Waals surface area contributed by atoms with Crippen LogP contribution < -0.4 is 5.30 Å². The van der Waals surface area contributed by atoms with E-state index in [4.69, 9.17) is 13.6 Å². The molecule has 0 fully saturated rings. The van der Waals surface area contributed by atoms with Crippen molar-refractivity contribution < 1.29 is 22.7 Å². The second kappa shape index (κ2) is 8.11. The number of hydrogen-bond acceptors (Lipinski definition) is 5. The molecule has 114 valence electrons. The lowest BCUT2D eigenvalue weighted by Gasteiger charge is -2.23. The maximum atomic E-state index is 13.0. The first-order valence-electron chi connectivity index (χ1n) is 6.67. The van der Waals surface area contributed by atoms with Crippen molar-refractivity contribution >= 4 is 20.3 Å². The van der Waals surface area contributed by atoms with Crippen molar-refractivity contribution in [2.75, 3.05) is 25.7 Å². The normalized spacial score (nSPS) is 14.9. The lowest BCUT2D eigenvalue weighted by Crippen LogP contribution is -2.12. The Bertz CT molecular complexity index is 479. The average molecular weight is 320 g/mol. The molecule has 0 aliphatic heterocycles. The molecule has 1 aromatic rings. The maximum absolute atomic E-state index is 13.0. The highest BCUT2D eigenvalue weighted by Crippen LogP contribution is 2.62. The second-order valence-electron chi connectivity index (χ2n) is 4.01. The smallest absolute Gasteiger partial charge is 0.325 e. The standard InChI is InChI=1S/C13H22O5P2/c1-4-16-19(14,13-10-8-7-9-11-13)12-20(15,17-5-2)18-6-3/h7-11H,4-6,12H2,1-3H3/t19-/m1/s1. The fourth-order valence-electron chi connectivity index (χ4n) is 1.80. The summed E-state index contributed by atoms with van der Waals surface area (Å²) in [5.74, 6) is -0.237. The Kier molecular flexibility index (Phi) is 7.14. The van der Waals surface area contributed by atoms with E-state index in [1.54, 1.807) is 45.0 Å². The summed E-state index contributed by atoms with van der Waals surface area (Å²) in [6.07, 6.45) is 0. The van der Waals surface area contributed by atoms with Crippen LogP contribution in [-0.4, -0.2) is 25.7 Å². The van der Waals surface area contributed by atoms with Crippen LogP contribution in [0.5, 0.6) is 0 Å². The minimum Gasteiger partial charge on any atom is -0.325 e. The second-order valence-corrected chi connectivity index (χ2v) is 9.01. The van der Waals surface area contributed by atoms with E-state index >= 15 is 0 Å². The molecule has 1 atom stereocenters. The van der Waals surface area contributed by atoms with Crippen LogP contribution in [0.1, 0.15) is 20.8 Å². The van der Waals surface area contributed by atoms with Gasteiger partial charge in [0.2, 0.25) is 7.37 Å². The Labute approximate surface area is 120 Å². The average Bonchev–Trinajstić information content (AvgIpc) is 2.40. The van der Waals surface area contributed by atoms with E-state index in [9.17, 15) is 9.13 Å². The predicted molar refractivity (Wildman–Crippen MR) is 81.0 cm³/mol. The van der Waals surface area contributed by atoms with Crippen molar-refractivity contribution in [3.63, 3.8) is 0 Å². The number of rotatable bonds is 9. The first-order chi connectivity index (χ1) is 9.49. The van der Waals surface area contributed by atoms with Gasteiger partial charge in [0.25, 0.3) is 0 Å². The van der Waals surface area contributed by atoms with Crippen LogP contribution in [0.3, 0.4) is 0 Å². The van der Waals surface area contributed by atoms with E-state index in [2.05, 4.69) is 0 Å². The maximum Gasteiger partial charge on any atom is 0.340 e. The van der Waals surface area contributed by atoms with Crippen LogP contribution >= 0.6 is 15.0 Å². The van der Waals surface area contributed by atoms with Gasteiger partial charge in [-0.3, -0.25) is 9.13 Å². The van der Waals surface area contributed by atoms with Gasteiger partial charge in [0, 0.05) is 5.30 Å². The van der Waals surface area contributed by atoms with E-state index in [-0.39, 0.29) is 25.7 Å². The lowest BCUT2D eigenvalue weighted by atomic mass is 10.4. The Morgan fingerprint density at radius 2 is 1.35 bits per heavy atom. The molecule has 20 heavy (non-hydrogen) atoms. The quantitative estimate of drug-likeness (QED) is 0.647. The van der Waals surface area contributed by atoms with Gasteiger partial charge in [-0.05, 0) is 32.9 Å². The molecule has 0 aromatic heterocycles. The minimum absolute atomic E-state index is 0.234. The van der Waals surface area contributed by atoms with Crippen LogP contribution in [0.4, 0.5) is 0 Å². The van der Waals surface area contributed by atoms with E-state index in [0.717, 1.165) is 0 Å². The largest absolute Gasteiger partial charge is 0.340 e. The van der Waals surface area contributed by atoms with Crippen molar-refractivity contribution in [3.05, 3.63) is 30.3 Å². The molecule has 0 radical (unpaired) electrons. The van der Waals surface area contributed by atoms with Gasteiger partial charge in [-0.1, -0.05) is 18.2 Å². The van der Waals surface area contributed by atoms with Crippen molar-refractivity contribution in [2.24, 2.45) is 0 Å². The van der Waals surface area contributed by atoms with E-state index in [1.807, 2.05) is 6.07 Å². The van der Waals surface area contributed by atoms with Crippen LogP contribution in [0, 0.1) is 0 Å². The van der Waals surface area contributed by atoms with Crippen molar-refractivity contribution in [2.45, 2.75) is 20.8 Å². The summed E-state index contributed by atoms with van der Waals surface area (Å²) in [5.41, 5.74) is 0. The lowest BCUT2D eigenvalue weighted by molar-refractivity contribution is 0.222. The van der Waals surface area contributed by atoms with E-state index < -0.39 is 15.0 Å². The molecular weight excluding hydrogens is 298 g/mol.